The first-order chi connectivity index (χ1) is 13.1. The van der Waals surface area contributed by atoms with Crippen molar-refractivity contribution >= 4 is 29.9 Å². The van der Waals surface area contributed by atoms with Gasteiger partial charge in [0.2, 0.25) is 0 Å². The van der Waals surface area contributed by atoms with Crippen molar-refractivity contribution in [1.82, 2.24) is 10.2 Å². The van der Waals surface area contributed by atoms with Gasteiger partial charge in [0, 0.05) is 39.9 Å². The molecule has 0 spiro atoms. The molecule has 0 saturated carbocycles. The molecule has 2 unspecified atom stereocenters. The molecule has 6 heteroatoms. The van der Waals surface area contributed by atoms with Crippen LogP contribution in [0.1, 0.15) is 44.2 Å². The zero-order chi connectivity index (χ0) is 19.1. The van der Waals surface area contributed by atoms with Crippen LogP contribution in [0.5, 0.6) is 0 Å². The third-order valence-electron chi connectivity index (χ3n) is 5.51. The molecule has 1 N–H and O–H groups in total. The lowest BCUT2D eigenvalue weighted by molar-refractivity contribution is -0.0390. The maximum atomic E-state index is 6.00. The first-order valence-electron chi connectivity index (χ1n) is 10.4. The van der Waals surface area contributed by atoms with E-state index in [0.29, 0.717) is 12.7 Å². The lowest BCUT2D eigenvalue weighted by atomic mass is 9.92. The summed E-state index contributed by atoms with van der Waals surface area (Å²) < 4.78 is 11.4. The van der Waals surface area contributed by atoms with Gasteiger partial charge in [-0.15, -0.1) is 24.0 Å². The molecule has 158 valence electrons. The Morgan fingerprint density at radius 1 is 1.11 bits per heavy atom. The molecule has 28 heavy (non-hydrogen) atoms. The number of hydrogen-bond donors (Lipinski definition) is 1. The van der Waals surface area contributed by atoms with Crippen molar-refractivity contribution in [3.05, 3.63) is 35.4 Å². The lowest BCUT2D eigenvalue weighted by Gasteiger charge is -2.37. The van der Waals surface area contributed by atoms with Crippen LogP contribution in [-0.2, 0) is 22.6 Å². The molecule has 2 fully saturated rings. The van der Waals surface area contributed by atoms with E-state index in [9.17, 15) is 0 Å². The molecule has 2 heterocycles. The van der Waals surface area contributed by atoms with E-state index in [1.54, 1.807) is 0 Å². The van der Waals surface area contributed by atoms with Crippen LogP contribution in [0, 0.1) is 11.8 Å². The number of piperidine rings is 1. The van der Waals surface area contributed by atoms with E-state index in [1.807, 2.05) is 7.05 Å². The molecule has 2 aliphatic rings. The Hall–Kier alpha value is -0.860. The summed E-state index contributed by atoms with van der Waals surface area (Å²) in [5.74, 6) is 2.46. The fraction of sp³-hybridized carbons (Fsp3) is 0.682. The Kier molecular flexibility index (Phi) is 10.0. The van der Waals surface area contributed by atoms with Gasteiger partial charge in [-0.1, -0.05) is 38.1 Å². The Bertz CT molecular complexity index is 592. The van der Waals surface area contributed by atoms with E-state index in [2.05, 4.69) is 53.3 Å². The summed E-state index contributed by atoms with van der Waals surface area (Å²) in [7, 11) is 1.88. The summed E-state index contributed by atoms with van der Waals surface area (Å²) in [5, 5.41) is 3.53. The highest BCUT2D eigenvalue weighted by Crippen LogP contribution is 2.21. The number of hydrogen-bond acceptors (Lipinski definition) is 3. The van der Waals surface area contributed by atoms with Gasteiger partial charge in [-0.3, -0.25) is 4.99 Å². The summed E-state index contributed by atoms with van der Waals surface area (Å²) in [4.78, 5) is 6.89. The molecule has 0 radical (unpaired) electrons. The van der Waals surface area contributed by atoms with Crippen molar-refractivity contribution in [2.45, 2.75) is 52.4 Å². The van der Waals surface area contributed by atoms with Gasteiger partial charge in [-0.25, -0.2) is 0 Å². The van der Waals surface area contributed by atoms with Gasteiger partial charge >= 0.3 is 0 Å². The van der Waals surface area contributed by atoms with Crippen LogP contribution in [0.3, 0.4) is 0 Å². The van der Waals surface area contributed by atoms with Crippen LogP contribution in [0.2, 0.25) is 0 Å². The fourth-order valence-electron chi connectivity index (χ4n) is 4.16. The third-order valence-corrected chi connectivity index (χ3v) is 5.51. The van der Waals surface area contributed by atoms with Gasteiger partial charge in [0.1, 0.15) is 0 Å². The van der Waals surface area contributed by atoms with Crippen LogP contribution in [-0.4, -0.2) is 50.3 Å². The zero-order valence-corrected chi connectivity index (χ0v) is 19.9. The van der Waals surface area contributed by atoms with Gasteiger partial charge in [0.15, 0.2) is 5.96 Å². The van der Waals surface area contributed by atoms with Crippen molar-refractivity contribution in [2.75, 3.05) is 33.4 Å². The van der Waals surface area contributed by atoms with Gasteiger partial charge in [-0.05, 0) is 42.2 Å². The predicted octanol–water partition coefficient (Wildman–Crippen LogP) is 4.05. The topological polar surface area (TPSA) is 46.1 Å². The molecular formula is C22H36IN3O2. The molecule has 0 amide bonds. The maximum Gasteiger partial charge on any atom is 0.193 e. The van der Waals surface area contributed by atoms with Crippen molar-refractivity contribution < 1.29 is 9.47 Å². The molecule has 0 bridgehead atoms. The Morgan fingerprint density at radius 2 is 1.71 bits per heavy atom. The summed E-state index contributed by atoms with van der Waals surface area (Å²) >= 11 is 0. The second kappa shape index (κ2) is 12.0. The Morgan fingerprint density at radius 3 is 2.32 bits per heavy atom. The number of nitrogens with one attached hydrogen (secondary N) is 1. The lowest BCUT2D eigenvalue weighted by Crippen LogP contribution is -2.48. The van der Waals surface area contributed by atoms with Crippen LogP contribution < -0.4 is 5.32 Å². The number of aliphatic imine (C=N–C) groups is 1. The highest BCUT2D eigenvalue weighted by molar-refractivity contribution is 14.0. The van der Waals surface area contributed by atoms with Crippen LogP contribution in [0.15, 0.2) is 29.3 Å². The number of ether oxygens (including phenoxy) is 2. The molecule has 1 aromatic rings. The molecular weight excluding hydrogens is 465 g/mol. The second-order valence-electron chi connectivity index (χ2n) is 8.19. The highest BCUT2D eigenvalue weighted by atomic mass is 127. The molecule has 0 aliphatic carbocycles. The average molecular weight is 501 g/mol. The number of benzene rings is 1. The summed E-state index contributed by atoms with van der Waals surface area (Å²) in [6.45, 7) is 9.97. The van der Waals surface area contributed by atoms with Gasteiger partial charge < -0.3 is 19.7 Å². The minimum absolute atomic E-state index is 0. The first kappa shape index (κ1) is 23.4. The first-order valence-corrected chi connectivity index (χ1v) is 10.4. The Labute approximate surface area is 187 Å². The van der Waals surface area contributed by atoms with E-state index in [1.165, 1.54) is 17.5 Å². The smallest absolute Gasteiger partial charge is 0.193 e. The zero-order valence-electron chi connectivity index (χ0n) is 17.5. The largest absolute Gasteiger partial charge is 0.381 e. The van der Waals surface area contributed by atoms with Crippen molar-refractivity contribution in [1.29, 1.82) is 0 Å². The van der Waals surface area contributed by atoms with E-state index >= 15 is 0 Å². The quantitative estimate of drug-likeness (QED) is 0.376. The molecule has 2 aliphatic heterocycles. The molecule has 0 aromatic heterocycles. The van der Waals surface area contributed by atoms with Gasteiger partial charge in [0.25, 0.3) is 0 Å². The SMILES string of the molecule is CN=C(NCc1ccc(COC2CCOCC2)cc1)N1CC(C)CC(C)C1.I. The van der Waals surface area contributed by atoms with Crippen LogP contribution in [0.4, 0.5) is 0 Å². The van der Waals surface area contributed by atoms with E-state index in [0.717, 1.165) is 63.5 Å². The second-order valence-corrected chi connectivity index (χ2v) is 8.19. The molecule has 1 aromatic carbocycles. The minimum atomic E-state index is 0. The molecule has 2 atom stereocenters. The summed E-state index contributed by atoms with van der Waals surface area (Å²) in [6, 6.07) is 8.71. The normalized spacial score (nSPS) is 24.0. The number of halogens is 1. The van der Waals surface area contributed by atoms with Gasteiger partial charge in [0.05, 0.1) is 12.7 Å². The van der Waals surface area contributed by atoms with Crippen molar-refractivity contribution in [2.24, 2.45) is 16.8 Å². The fourth-order valence-corrected chi connectivity index (χ4v) is 4.16. The summed E-state index contributed by atoms with van der Waals surface area (Å²) in [6.07, 6.45) is 3.67. The molecule has 3 rings (SSSR count). The number of guanidine groups is 1. The van der Waals surface area contributed by atoms with Crippen molar-refractivity contribution in [3.63, 3.8) is 0 Å². The van der Waals surface area contributed by atoms with Crippen LogP contribution >= 0.6 is 24.0 Å². The van der Waals surface area contributed by atoms with Crippen molar-refractivity contribution in [3.8, 4) is 0 Å². The van der Waals surface area contributed by atoms with E-state index in [-0.39, 0.29) is 24.0 Å². The average Bonchev–Trinajstić information content (AvgIpc) is 2.68. The summed E-state index contributed by atoms with van der Waals surface area (Å²) in [5.41, 5.74) is 2.50. The number of nitrogens with zero attached hydrogens (tertiary/aromatic N) is 2. The minimum Gasteiger partial charge on any atom is -0.381 e. The van der Waals surface area contributed by atoms with E-state index < -0.39 is 0 Å². The van der Waals surface area contributed by atoms with Gasteiger partial charge in [-0.2, -0.15) is 0 Å². The van der Waals surface area contributed by atoms with Crippen LogP contribution in [0.25, 0.3) is 0 Å². The Balaban J connectivity index is 0.00000280. The molecule has 5 nitrogen and oxygen atoms in total. The monoisotopic (exact) mass is 501 g/mol. The number of rotatable bonds is 5. The standard InChI is InChI=1S/C22H35N3O2.HI/c1-17-12-18(2)15-25(14-17)22(23-3)24-13-19-4-6-20(7-5-19)16-27-21-8-10-26-11-9-21;/h4-7,17-18,21H,8-16H2,1-3H3,(H,23,24);1H. The third kappa shape index (κ3) is 7.19. The van der Waals surface area contributed by atoms with E-state index in [4.69, 9.17) is 9.47 Å². The predicted molar refractivity (Wildman–Crippen MR) is 125 cm³/mol. The highest BCUT2D eigenvalue weighted by Gasteiger charge is 2.23. The number of likely N-dealkylation sites (tertiary alicyclic amines) is 1. The maximum absolute atomic E-state index is 6.00. The molecule has 2 saturated heterocycles.